The van der Waals surface area contributed by atoms with Gasteiger partial charge < -0.3 is 10.1 Å². The second kappa shape index (κ2) is 6.66. The number of nitrogens with one attached hydrogen (secondary N) is 1. The van der Waals surface area contributed by atoms with Crippen molar-refractivity contribution in [3.8, 4) is 0 Å². The molecule has 1 unspecified atom stereocenters. The quantitative estimate of drug-likeness (QED) is 0.764. The molecule has 0 fully saturated rings. The predicted octanol–water partition coefficient (Wildman–Crippen LogP) is 1.50. The summed E-state index contributed by atoms with van der Waals surface area (Å²) in [6.07, 6.45) is 4.12. The van der Waals surface area contributed by atoms with E-state index in [4.69, 9.17) is 4.74 Å². The fraction of sp³-hybridized carbons (Fsp3) is 0.750. The summed E-state index contributed by atoms with van der Waals surface area (Å²) < 4.78 is 6.94. The minimum Gasteiger partial charge on any atom is -0.385 e. The Balaban J connectivity index is 2.41. The molecule has 0 amide bonds. The molecule has 0 radical (unpaired) electrons. The second-order valence-corrected chi connectivity index (χ2v) is 4.19. The molecule has 1 rings (SSSR count). The Kier molecular flexibility index (Phi) is 5.49. The third kappa shape index (κ3) is 3.94. The van der Waals surface area contributed by atoms with Crippen LogP contribution in [-0.4, -0.2) is 29.5 Å². The largest absolute Gasteiger partial charge is 0.385 e. The van der Waals surface area contributed by atoms with Crippen LogP contribution in [0.1, 0.15) is 31.5 Å². The van der Waals surface area contributed by atoms with Crippen molar-refractivity contribution in [2.45, 2.75) is 39.3 Å². The van der Waals surface area contributed by atoms with Crippen LogP contribution in [0.5, 0.6) is 0 Å². The number of nitrogens with zero attached hydrogens (tertiary/aromatic N) is 2. The highest BCUT2D eigenvalue weighted by Gasteiger charge is 2.07. The van der Waals surface area contributed by atoms with E-state index in [1.54, 1.807) is 7.11 Å². The molecular weight excluding hydrogens is 202 g/mol. The van der Waals surface area contributed by atoms with Gasteiger partial charge in [-0.25, -0.2) is 0 Å². The zero-order valence-corrected chi connectivity index (χ0v) is 10.8. The van der Waals surface area contributed by atoms with Crippen molar-refractivity contribution in [3.05, 3.63) is 17.5 Å². The smallest absolute Gasteiger partial charge is 0.0666 e. The van der Waals surface area contributed by atoms with Crippen LogP contribution in [0.25, 0.3) is 0 Å². The number of aromatic nitrogens is 2. The normalized spacial score (nSPS) is 13.0. The molecule has 16 heavy (non-hydrogen) atoms. The van der Waals surface area contributed by atoms with Crippen molar-refractivity contribution < 1.29 is 4.74 Å². The lowest BCUT2D eigenvalue weighted by Crippen LogP contribution is -2.26. The van der Waals surface area contributed by atoms with Crippen LogP contribution in [0.2, 0.25) is 0 Å². The van der Waals surface area contributed by atoms with Gasteiger partial charge in [0.2, 0.25) is 0 Å². The monoisotopic (exact) mass is 225 g/mol. The fourth-order valence-corrected chi connectivity index (χ4v) is 1.71. The van der Waals surface area contributed by atoms with E-state index in [-0.39, 0.29) is 0 Å². The molecule has 0 aliphatic rings. The Labute approximate surface area is 98.0 Å². The molecule has 0 aliphatic heterocycles. The van der Waals surface area contributed by atoms with Crippen molar-refractivity contribution in [1.82, 2.24) is 15.1 Å². The highest BCUT2D eigenvalue weighted by molar-refractivity contribution is 5.16. The van der Waals surface area contributed by atoms with E-state index in [9.17, 15) is 0 Å². The van der Waals surface area contributed by atoms with Crippen LogP contribution in [0.15, 0.2) is 6.20 Å². The van der Waals surface area contributed by atoms with Crippen molar-refractivity contribution in [2.24, 2.45) is 7.05 Å². The van der Waals surface area contributed by atoms with E-state index >= 15 is 0 Å². The van der Waals surface area contributed by atoms with Gasteiger partial charge in [0.15, 0.2) is 0 Å². The highest BCUT2D eigenvalue weighted by atomic mass is 16.5. The molecule has 1 aromatic heterocycles. The van der Waals surface area contributed by atoms with Crippen molar-refractivity contribution >= 4 is 0 Å². The van der Waals surface area contributed by atoms with Gasteiger partial charge in [0.1, 0.15) is 0 Å². The first-order chi connectivity index (χ1) is 7.67. The van der Waals surface area contributed by atoms with Crippen LogP contribution >= 0.6 is 0 Å². The molecule has 0 saturated heterocycles. The average Bonchev–Trinajstić information content (AvgIpc) is 2.64. The van der Waals surface area contributed by atoms with Gasteiger partial charge in [-0.2, -0.15) is 5.10 Å². The SMILES string of the molecule is CCc1nn(C)cc1CNC(C)CCOC. The van der Waals surface area contributed by atoms with Crippen molar-refractivity contribution in [1.29, 1.82) is 0 Å². The van der Waals surface area contributed by atoms with Gasteiger partial charge in [-0.05, 0) is 19.8 Å². The van der Waals surface area contributed by atoms with Crippen LogP contribution in [-0.2, 0) is 24.8 Å². The molecule has 1 N–H and O–H groups in total. The van der Waals surface area contributed by atoms with Crippen LogP contribution in [0.4, 0.5) is 0 Å². The molecule has 0 saturated carbocycles. The predicted molar refractivity (Wildman–Crippen MR) is 65.4 cm³/mol. The van der Waals surface area contributed by atoms with Gasteiger partial charge in [0.05, 0.1) is 5.69 Å². The highest BCUT2D eigenvalue weighted by Crippen LogP contribution is 2.07. The molecule has 0 bridgehead atoms. The summed E-state index contributed by atoms with van der Waals surface area (Å²) in [7, 11) is 3.71. The summed E-state index contributed by atoms with van der Waals surface area (Å²) in [5.41, 5.74) is 2.49. The van der Waals surface area contributed by atoms with Gasteiger partial charge in [0, 0.05) is 45.1 Å². The molecule has 0 aromatic carbocycles. The summed E-state index contributed by atoms with van der Waals surface area (Å²) in [5.74, 6) is 0. The molecule has 0 spiro atoms. The Morgan fingerprint density at radius 2 is 2.31 bits per heavy atom. The maximum atomic E-state index is 5.06. The first kappa shape index (κ1) is 13.2. The Morgan fingerprint density at radius 3 is 2.94 bits per heavy atom. The molecule has 4 nitrogen and oxygen atoms in total. The maximum absolute atomic E-state index is 5.06. The molecule has 92 valence electrons. The minimum absolute atomic E-state index is 0.477. The van der Waals surface area contributed by atoms with Crippen LogP contribution < -0.4 is 5.32 Å². The number of hydrogen-bond donors (Lipinski definition) is 1. The van der Waals surface area contributed by atoms with Gasteiger partial charge >= 0.3 is 0 Å². The molecule has 4 heteroatoms. The van der Waals surface area contributed by atoms with Gasteiger partial charge in [-0.15, -0.1) is 0 Å². The third-order valence-corrected chi connectivity index (χ3v) is 2.72. The van der Waals surface area contributed by atoms with Gasteiger partial charge in [-0.1, -0.05) is 6.92 Å². The third-order valence-electron chi connectivity index (χ3n) is 2.72. The summed E-state index contributed by atoms with van der Waals surface area (Å²) in [5, 5.41) is 7.91. The number of rotatable bonds is 7. The second-order valence-electron chi connectivity index (χ2n) is 4.19. The van der Waals surface area contributed by atoms with E-state index in [1.165, 1.54) is 11.3 Å². The summed E-state index contributed by atoms with van der Waals surface area (Å²) in [6.45, 7) is 6.02. The molecular formula is C12H23N3O. The van der Waals surface area contributed by atoms with E-state index in [2.05, 4.69) is 30.5 Å². The number of aryl methyl sites for hydroxylation is 2. The Bertz CT molecular complexity index is 309. The average molecular weight is 225 g/mol. The zero-order valence-electron chi connectivity index (χ0n) is 10.8. The van der Waals surface area contributed by atoms with E-state index in [0.29, 0.717) is 6.04 Å². The molecule has 0 aliphatic carbocycles. The number of ether oxygens (including phenoxy) is 1. The lowest BCUT2D eigenvalue weighted by Gasteiger charge is -2.12. The minimum atomic E-state index is 0.477. The molecule has 1 aromatic rings. The Morgan fingerprint density at radius 1 is 1.56 bits per heavy atom. The lowest BCUT2D eigenvalue weighted by atomic mass is 10.2. The fourth-order valence-electron chi connectivity index (χ4n) is 1.71. The van der Waals surface area contributed by atoms with Gasteiger partial charge in [0.25, 0.3) is 0 Å². The summed E-state index contributed by atoms with van der Waals surface area (Å²) in [4.78, 5) is 0. The van der Waals surface area contributed by atoms with Crippen molar-refractivity contribution in [3.63, 3.8) is 0 Å². The van der Waals surface area contributed by atoms with E-state index < -0.39 is 0 Å². The van der Waals surface area contributed by atoms with Crippen molar-refractivity contribution in [2.75, 3.05) is 13.7 Å². The number of hydrogen-bond acceptors (Lipinski definition) is 3. The van der Waals surface area contributed by atoms with E-state index in [1.807, 2.05) is 11.7 Å². The molecule has 1 heterocycles. The van der Waals surface area contributed by atoms with Crippen LogP contribution in [0, 0.1) is 0 Å². The summed E-state index contributed by atoms with van der Waals surface area (Å²) in [6, 6.07) is 0.477. The van der Waals surface area contributed by atoms with Crippen LogP contribution in [0.3, 0.4) is 0 Å². The zero-order chi connectivity index (χ0) is 12.0. The Hall–Kier alpha value is -0.870. The first-order valence-electron chi connectivity index (χ1n) is 5.91. The standard InChI is InChI=1S/C12H23N3O/c1-5-12-11(9-15(3)14-12)8-13-10(2)6-7-16-4/h9-10,13H,5-8H2,1-4H3. The molecule has 1 atom stereocenters. The first-order valence-corrected chi connectivity index (χ1v) is 5.91. The number of methoxy groups -OCH3 is 1. The maximum Gasteiger partial charge on any atom is 0.0666 e. The lowest BCUT2D eigenvalue weighted by molar-refractivity contribution is 0.184. The topological polar surface area (TPSA) is 39.1 Å². The van der Waals surface area contributed by atoms with Gasteiger partial charge in [-0.3, -0.25) is 4.68 Å². The summed E-state index contributed by atoms with van der Waals surface area (Å²) >= 11 is 0. The van der Waals surface area contributed by atoms with E-state index in [0.717, 1.165) is 26.0 Å².